The maximum Gasteiger partial charge on any atom is 0.0550 e. The predicted octanol–water partition coefficient (Wildman–Crippen LogP) is 2.38. The Morgan fingerprint density at radius 1 is 1.16 bits per heavy atom. The second-order valence-electron chi connectivity index (χ2n) is 5.34. The maximum atomic E-state index is 9.84. The summed E-state index contributed by atoms with van der Waals surface area (Å²) in [5, 5.41) is 20.3. The lowest BCUT2D eigenvalue weighted by Crippen LogP contribution is -2.38. The van der Waals surface area contributed by atoms with Crippen LogP contribution in [0.1, 0.15) is 24.8 Å². The van der Waals surface area contributed by atoms with Crippen LogP contribution >= 0.6 is 11.6 Å². The van der Waals surface area contributed by atoms with Crippen LogP contribution in [0.4, 0.5) is 0 Å². The highest BCUT2D eigenvalue weighted by Gasteiger charge is 2.35. The lowest BCUT2D eigenvalue weighted by molar-refractivity contribution is 0.0354. The van der Waals surface area contributed by atoms with Gasteiger partial charge in [-0.05, 0) is 36.8 Å². The molecule has 1 aliphatic heterocycles. The molecule has 0 atom stereocenters. The second kappa shape index (κ2) is 6.71. The molecule has 4 heteroatoms. The van der Waals surface area contributed by atoms with E-state index in [1.54, 1.807) is 6.07 Å². The third-order valence-electron chi connectivity index (χ3n) is 4.07. The van der Waals surface area contributed by atoms with Crippen molar-refractivity contribution < 1.29 is 14.9 Å². The fraction of sp³-hybridized carbons (Fsp3) is 0.600. The van der Waals surface area contributed by atoms with Gasteiger partial charge < -0.3 is 14.9 Å². The number of aliphatic hydroxyl groups excluding tert-OH is 2. The monoisotopic (exact) mass is 284 g/mol. The maximum absolute atomic E-state index is 9.84. The van der Waals surface area contributed by atoms with Gasteiger partial charge in [-0.2, -0.15) is 0 Å². The first kappa shape index (κ1) is 14.8. The molecule has 2 N–H and O–H groups in total. The van der Waals surface area contributed by atoms with Gasteiger partial charge >= 0.3 is 0 Å². The van der Waals surface area contributed by atoms with Gasteiger partial charge in [0.25, 0.3) is 0 Å². The highest BCUT2D eigenvalue weighted by atomic mass is 35.5. The summed E-state index contributed by atoms with van der Waals surface area (Å²) in [5.41, 5.74) is 0.188. The molecule has 106 valence electrons. The molecule has 1 aliphatic rings. The van der Waals surface area contributed by atoms with E-state index in [0.717, 1.165) is 38.0 Å². The van der Waals surface area contributed by atoms with E-state index in [4.69, 9.17) is 16.3 Å². The Morgan fingerprint density at radius 3 is 2.37 bits per heavy atom. The van der Waals surface area contributed by atoms with Crippen molar-refractivity contribution in [1.82, 2.24) is 0 Å². The van der Waals surface area contributed by atoms with Crippen LogP contribution in [0, 0.1) is 5.92 Å². The van der Waals surface area contributed by atoms with E-state index >= 15 is 0 Å². The number of hydrogen-bond acceptors (Lipinski definition) is 3. The van der Waals surface area contributed by atoms with Gasteiger partial charge in [0.05, 0.1) is 13.2 Å². The number of aliphatic hydroxyl groups is 2. The second-order valence-corrected chi connectivity index (χ2v) is 5.74. The summed E-state index contributed by atoms with van der Waals surface area (Å²) < 4.78 is 5.36. The van der Waals surface area contributed by atoms with Gasteiger partial charge in [-0.25, -0.2) is 0 Å². The number of benzene rings is 1. The Bertz CT molecular complexity index is 398. The molecular weight excluding hydrogens is 264 g/mol. The van der Waals surface area contributed by atoms with E-state index in [9.17, 15) is 10.2 Å². The molecule has 1 heterocycles. The lowest BCUT2D eigenvalue weighted by Gasteiger charge is -2.36. The fourth-order valence-corrected chi connectivity index (χ4v) is 3.19. The molecule has 0 amide bonds. The summed E-state index contributed by atoms with van der Waals surface area (Å²) in [6.45, 7) is 1.34. The van der Waals surface area contributed by atoms with E-state index in [1.807, 2.05) is 18.2 Å². The molecule has 3 nitrogen and oxygen atoms in total. The third kappa shape index (κ3) is 3.29. The van der Waals surface area contributed by atoms with Gasteiger partial charge in [0, 0.05) is 23.7 Å². The van der Waals surface area contributed by atoms with Crippen LogP contribution in [0.15, 0.2) is 24.3 Å². The fourth-order valence-electron chi connectivity index (χ4n) is 2.85. The largest absolute Gasteiger partial charge is 0.395 e. The topological polar surface area (TPSA) is 49.7 Å². The van der Waals surface area contributed by atoms with Crippen molar-refractivity contribution in [1.29, 1.82) is 0 Å². The number of rotatable bonds is 5. The minimum absolute atomic E-state index is 0.0927. The van der Waals surface area contributed by atoms with Crippen LogP contribution in [0.25, 0.3) is 0 Å². The van der Waals surface area contributed by atoms with Gasteiger partial charge in [-0.1, -0.05) is 29.8 Å². The van der Waals surface area contributed by atoms with Crippen LogP contribution in [0.3, 0.4) is 0 Å². The Balaban J connectivity index is 2.23. The number of hydrogen-bond donors (Lipinski definition) is 2. The normalized spacial score (nSPS) is 17.6. The molecule has 1 aromatic carbocycles. The highest BCUT2D eigenvalue weighted by molar-refractivity contribution is 6.31. The molecule has 2 rings (SSSR count). The Hall–Kier alpha value is -0.610. The van der Waals surface area contributed by atoms with Gasteiger partial charge in [0.2, 0.25) is 0 Å². The van der Waals surface area contributed by atoms with E-state index in [-0.39, 0.29) is 13.2 Å². The van der Waals surface area contributed by atoms with Crippen LogP contribution in [0.5, 0.6) is 0 Å². The average molecular weight is 285 g/mol. The summed E-state index contributed by atoms with van der Waals surface area (Å²) in [5.74, 6) is 0.462. The zero-order valence-corrected chi connectivity index (χ0v) is 11.8. The Kier molecular flexibility index (Phi) is 5.22. The first-order chi connectivity index (χ1) is 9.22. The molecule has 1 fully saturated rings. The van der Waals surface area contributed by atoms with Crippen molar-refractivity contribution in [2.45, 2.75) is 24.7 Å². The molecule has 0 aliphatic carbocycles. The summed E-state index contributed by atoms with van der Waals surface area (Å²) in [4.78, 5) is 0. The van der Waals surface area contributed by atoms with E-state index in [2.05, 4.69) is 0 Å². The van der Waals surface area contributed by atoms with Crippen molar-refractivity contribution in [2.24, 2.45) is 5.92 Å². The molecular formula is C15H21ClO3. The molecule has 0 radical (unpaired) electrons. The standard InChI is InChI=1S/C15H21ClO3/c16-14-4-2-1-3-13(14)15(10-17,11-18)9-12-5-7-19-8-6-12/h1-4,12,17-18H,5-11H2. The molecule has 0 spiro atoms. The van der Waals surface area contributed by atoms with E-state index in [0.29, 0.717) is 10.9 Å². The quantitative estimate of drug-likeness (QED) is 0.873. The van der Waals surface area contributed by atoms with Gasteiger partial charge in [-0.3, -0.25) is 0 Å². The molecule has 19 heavy (non-hydrogen) atoms. The van der Waals surface area contributed by atoms with Crippen LogP contribution < -0.4 is 0 Å². The Morgan fingerprint density at radius 2 is 1.79 bits per heavy atom. The van der Waals surface area contributed by atoms with Crippen LogP contribution in [0.2, 0.25) is 5.02 Å². The molecule has 0 bridgehead atoms. The smallest absolute Gasteiger partial charge is 0.0550 e. The average Bonchev–Trinajstić information content (AvgIpc) is 2.47. The van der Waals surface area contributed by atoms with Gasteiger partial charge in [0.15, 0.2) is 0 Å². The first-order valence-electron chi connectivity index (χ1n) is 6.76. The zero-order valence-electron chi connectivity index (χ0n) is 11.0. The van der Waals surface area contributed by atoms with Gasteiger partial charge in [0.1, 0.15) is 0 Å². The van der Waals surface area contributed by atoms with Gasteiger partial charge in [-0.15, -0.1) is 0 Å². The van der Waals surface area contributed by atoms with Crippen molar-refractivity contribution in [3.63, 3.8) is 0 Å². The lowest BCUT2D eigenvalue weighted by atomic mass is 9.73. The van der Waals surface area contributed by atoms with E-state index in [1.165, 1.54) is 0 Å². The summed E-state index contributed by atoms with van der Waals surface area (Å²) >= 11 is 6.24. The predicted molar refractivity (Wildman–Crippen MR) is 75.5 cm³/mol. The summed E-state index contributed by atoms with van der Waals surface area (Å²) in [6.07, 6.45) is 2.70. The highest BCUT2D eigenvalue weighted by Crippen LogP contribution is 2.37. The number of halogens is 1. The molecule has 0 aromatic heterocycles. The van der Waals surface area contributed by atoms with Crippen molar-refractivity contribution in [2.75, 3.05) is 26.4 Å². The van der Waals surface area contributed by atoms with Crippen molar-refractivity contribution in [3.8, 4) is 0 Å². The first-order valence-corrected chi connectivity index (χ1v) is 7.14. The minimum Gasteiger partial charge on any atom is -0.395 e. The Labute approximate surface area is 119 Å². The van der Waals surface area contributed by atoms with Crippen molar-refractivity contribution >= 4 is 11.6 Å². The van der Waals surface area contributed by atoms with E-state index < -0.39 is 5.41 Å². The SMILES string of the molecule is OCC(CO)(CC1CCOCC1)c1ccccc1Cl. The molecule has 1 saturated heterocycles. The molecule has 0 saturated carbocycles. The van der Waals surface area contributed by atoms with Crippen molar-refractivity contribution in [3.05, 3.63) is 34.9 Å². The molecule has 1 aromatic rings. The molecule has 0 unspecified atom stereocenters. The summed E-state index contributed by atoms with van der Waals surface area (Å²) in [7, 11) is 0. The minimum atomic E-state index is -0.652. The number of ether oxygens (including phenoxy) is 1. The van der Waals surface area contributed by atoms with Crippen LogP contribution in [-0.2, 0) is 10.2 Å². The summed E-state index contributed by atoms with van der Waals surface area (Å²) in [6, 6.07) is 7.46. The third-order valence-corrected chi connectivity index (χ3v) is 4.40. The van der Waals surface area contributed by atoms with Crippen LogP contribution in [-0.4, -0.2) is 36.6 Å². The zero-order chi connectivity index (χ0) is 13.7.